The van der Waals surface area contributed by atoms with Crippen molar-refractivity contribution in [2.24, 2.45) is 0 Å². The number of sulfonamides is 1. The predicted octanol–water partition coefficient (Wildman–Crippen LogP) is 4.75. The zero-order chi connectivity index (χ0) is 26.5. The second-order valence-corrected chi connectivity index (χ2v) is 10.3. The largest absolute Gasteiger partial charge is 0.497 e. The van der Waals surface area contributed by atoms with Crippen LogP contribution in [0.3, 0.4) is 0 Å². The SMILES string of the molecule is COc1ccc(OC)c([C@@H](C)NC(=O)CN(c2ccc(OC)c(Cl)c2)S(=O)(=O)c2ccc(C)cc2)c1. The van der Waals surface area contributed by atoms with E-state index in [0.29, 0.717) is 22.8 Å². The Morgan fingerprint density at radius 2 is 1.58 bits per heavy atom. The molecule has 0 saturated carbocycles. The number of methoxy groups -OCH3 is 3. The van der Waals surface area contributed by atoms with E-state index in [-0.39, 0.29) is 15.6 Å². The minimum absolute atomic E-state index is 0.0513. The Morgan fingerprint density at radius 3 is 2.17 bits per heavy atom. The number of halogens is 1. The summed E-state index contributed by atoms with van der Waals surface area (Å²) in [4.78, 5) is 13.2. The maximum absolute atomic E-state index is 13.6. The van der Waals surface area contributed by atoms with Gasteiger partial charge in [0.1, 0.15) is 23.8 Å². The molecular weight excluding hydrogens is 504 g/mol. The monoisotopic (exact) mass is 532 g/mol. The van der Waals surface area contributed by atoms with Crippen molar-refractivity contribution < 1.29 is 27.4 Å². The lowest BCUT2D eigenvalue weighted by atomic mass is 10.1. The first-order valence-corrected chi connectivity index (χ1v) is 12.9. The molecule has 1 N–H and O–H groups in total. The van der Waals surface area contributed by atoms with Crippen LogP contribution >= 0.6 is 11.6 Å². The fourth-order valence-corrected chi connectivity index (χ4v) is 5.30. The Hall–Kier alpha value is -3.43. The molecule has 0 aliphatic heterocycles. The van der Waals surface area contributed by atoms with Crippen LogP contribution in [0.25, 0.3) is 0 Å². The normalized spacial score (nSPS) is 11.9. The van der Waals surface area contributed by atoms with Crippen molar-refractivity contribution in [3.8, 4) is 17.2 Å². The van der Waals surface area contributed by atoms with Gasteiger partial charge in [0.05, 0.1) is 43.0 Å². The van der Waals surface area contributed by atoms with Gasteiger partial charge >= 0.3 is 0 Å². The number of amides is 1. The third-order valence-corrected chi connectivity index (χ3v) is 7.68. The molecule has 3 aromatic carbocycles. The van der Waals surface area contributed by atoms with Crippen LogP contribution in [0.5, 0.6) is 17.2 Å². The predicted molar refractivity (Wildman–Crippen MR) is 140 cm³/mol. The number of rotatable bonds is 10. The Bertz CT molecular complexity index is 1330. The molecule has 0 heterocycles. The summed E-state index contributed by atoms with van der Waals surface area (Å²) in [6.07, 6.45) is 0. The van der Waals surface area contributed by atoms with E-state index in [1.807, 2.05) is 6.92 Å². The van der Waals surface area contributed by atoms with Crippen LogP contribution in [0.15, 0.2) is 65.6 Å². The van der Waals surface area contributed by atoms with Crippen LogP contribution in [-0.4, -0.2) is 42.2 Å². The number of carbonyl (C=O) groups is 1. The number of nitrogens with one attached hydrogen (secondary N) is 1. The maximum atomic E-state index is 13.6. The molecule has 36 heavy (non-hydrogen) atoms. The average Bonchev–Trinajstić information content (AvgIpc) is 2.86. The molecule has 3 rings (SSSR count). The third-order valence-electron chi connectivity index (χ3n) is 5.60. The van der Waals surface area contributed by atoms with Gasteiger partial charge in [-0.15, -0.1) is 0 Å². The highest BCUT2D eigenvalue weighted by atomic mass is 35.5. The first kappa shape index (κ1) is 27.2. The highest BCUT2D eigenvalue weighted by molar-refractivity contribution is 7.92. The van der Waals surface area contributed by atoms with Gasteiger partial charge in [-0.3, -0.25) is 9.10 Å². The lowest BCUT2D eigenvalue weighted by Gasteiger charge is -2.26. The van der Waals surface area contributed by atoms with Crippen LogP contribution in [0.4, 0.5) is 5.69 Å². The Kier molecular flexibility index (Phi) is 8.70. The van der Waals surface area contributed by atoms with E-state index in [1.54, 1.807) is 50.4 Å². The molecule has 10 heteroatoms. The van der Waals surface area contributed by atoms with Crippen LogP contribution < -0.4 is 23.8 Å². The fourth-order valence-electron chi connectivity index (χ4n) is 3.64. The topological polar surface area (TPSA) is 94.2 Å². The molecule has 0 aromatic heterocycles. The van der Waals surface area contributed by atoms with Crippen molar-refractivity contribution in [1.82, 2.24) is 5.32 Å². The summed E-state index contributed by atoms with van der Waals surface area (Å²) in [6, 6.07) is 15.7. The third kappa shape index (κ3) is 6.03. The lowest BCUT2D eigenvalue weighted by molar-refractivity contribution is -0.120. The second kappa shape index (κ2) is 11.5. The molecule has 0 bridgehead atoms. The number of ether oxygens (including phenoxy) is 3. The summed E-state index contributed by atoms with van der Waals surface area (Å²) < 4.78 is 44.1. The van der Waals surface area contributed by atoms with E-state index >= 15 is 0 Å². The highest BCUT2D eigenvalue weighted by Crippen LogP contribution is 2.33. The van der Waals surface area contributed by atoms with E-state index in [1.165, 1.54) is 38.5 Å². The van der Waals surface area contributed by atoms with Crippen LogP contribution in [-0.2, 0) is 14.8 Å². The van der Waals surface area contributed by atoms with Gasteiger partial charge in [0.15, 0.2) is 0 Å². The standard InChI is InChI=1S/C26H29ClN2O6S/c1-17-6-10-21(11-7-17)36(31,32)29(19-8-12-25(35-5)23(27)14-19)16-26(30)28-18(2)22-15-20(33-3)9-13-24(22)34-4/h6-15,18H,16H2,1-5H3,(H,28,30)/t18-/m1/s1. The Morgan fingerprint density at radius 1 is 0.944 bits per heavy atom. The summed E-state index contributed by atoms with van der Waals surface area (Å²) in [6.45, 7) is 3.16. The summed E-state index contributed by atoms with van der Waals surface area (Å²) in [5.41, 5.74) is 1.82. The molecule has 0 spiro atoms. The van der Waals surface area contributed by atoms with E-state index < -0.39 is 28.5 Å². The van der Waals surface area contributed by atoms with Crippen molar-refractivity contribution in [3.05, 3.63) is 76.8 Å². The minimum Gasteiger partial charge on any atom is -0.497 e. The number of hydrogen-bond donors (Lipinski definition) is 1. The second-order valence-electron chi connectivity index (χ2n) is 8.04. The van der Waals surface area contributed by atoms with E-state index in [0.717, 1.165) is 9.87 Å². The van der Waals surface area contributed by atoms with Crippen LogP contribution in [0.1, 0.15) is 24.1 Å². The zero-order valence-corrected chi connectivity index (χ0v) is 22.3. The van der Waals surface area contributed by atoms with Crippen molar-refractivity contribution in [2.45, 2.75) is 24.8 Å². The van der Waals surface area contributed by atoms with Crippen molar-refractivity contribution in [1.29, 1.82) is 0 Å². The number of carbonyl (C=O) groups excluding carboxylic acids is 1. The Labute approximate surface area is 216 Å². The summed E-state index contributed by atoms with van der Waals surface area (Å²) in [5, 5.41) is 3.07. The molecule has 1 amide bonds. The van der Waals surface area contributed by atoms with Gasteiger partial charge in [-0.2, -0.15) is 0 Å². The molecular formula is C26H29ClN2O6S. The van der Waals surface area contributed by atoms with Gasteiger partial charge in [-0.05, 0) is 62.4 Å². The van der Waals surface area contributed by atoms with Gasteiger partial charge in [0.2, 0.25) is 5.91 Å². The molecule has 0 aliphatic rings. The van der Waals surface area contributed by atoms with Crippen molar-refractivity contribution in [3.63, 3.8) is 0 Å². The van der Waals surface area contributed by atoms with E-state index in [2.05, 4.69) is 5.32 Å². The first-order chi connectivity index (χ1) is 17.1. The Balaban J connectivity index is 1.95. The van der Waals surface area contributed by atoms with Crippen molar-refractivity contribution >= 4 is 33.2 Å². The van der Waals surface area contributed by atoms with Crippen molar-refractivity contribution in [2.75, 3.05) is 32.2 Å². The van der Waals surface area contributed by atoms with Crippen LogP contribution in [0.2, 0.25) is 5.02 Å². The molecule has 192 valence electrons. The van der Waals surface area contributed by atoms with Gasteiger partial charge in [-0.25, -0.2) is 8.42 Å². The molecule has 0 radical (unpaired) electrons. The lowest BCUT2D eigenvalue weighted by Crippen LogP contribution is -2.41. The van der Waals surface area contributed by atoms with Crippen LogP contribution in [0, 0.1) is 6.92 Å². The number of hydrogen-bond acceptors (Lipinski definition) is 6. The fraction of sp³-hybridized carbons (Fsp3) is 0.269. The average molecular weight is 533 g/mol. The summed E-state index contributed by atoms with van der Waals surface area (Å²) >= 11 is 6.28. The first-order valence-electron chi connectivity index (χ1n) is 11.0. The molecule has 0 unspecified atom stereocenters. The van der Waals surface area contributed by atoms with E-state index in [4.69, 9.17) is 25.8 Å². The molecule has 3 aromatic rings. The summed E-state index contributed by atoms with van der Waals surface area (Å²) in [5.74, 6) is 1.03. The number of nitrogens with zero attached hydrogens (tertiary/aromatic N) is 1. The smallest absolute Gasteiger partial charge is 0.264 e. The quantitative estimate of drug-likeness (QED) is 0.405. The molecule has 0 aliphatic carbocycles. The zero-order valence-electron chi connectivity index (χ0n) is 20.7. The number of anilines is 1. The molecule has 0 fully saturated rings. The highest BCUT2D eigenvalue weighted by Gasteiger charge is 2.28. The molecule has 1 atom stereocenters. The molecule has 0 saturated heterocycles. The van der Waals surface area contributed by atoms with Gasteiger partial charge < -0.3 is 19.5 Å². The number of aryl methyl sites for hydroxylation is 1. The van der Waals surface area contributed by atoms with Gasteiger partial charge in [0.25, 0.3) is 10.0 Å². The minimum atomic E-state index is -4.10. The maximum Gasteiger partial charge on any atom is 0.264 e. The summed E-state index contributed by atoms with van der Waals surface area (Å²) in [7, 11) is 0.439. The van der Waals surface area contributed by atoms with E-state index in [9.17, 15) is 13.2 Å². The molecule has 8 nitrogen and oxygen atoms in total. The van der Waals surface area contributed by atoms with Gasteiger partial charge in [0, 0.05) is 5.56 Å². The number of benzene rings is 3. The van der Waals surface area contributed by atoms with Gasteiger partial charge in [-0.1, -0.05) is 29.3 Å².